The van der Waals surface area contributed by atoms with Gasteiger partial charge >= 0.3 is 6.18 Å². The second-order valence-corrected chi connectivity index (χ2v) is 13.6. The highest BCUT2D eigenvalue weighted by Gasteiger charge is 2.33. The van der Waals surface area contributed by atoms with Gasteiger partial charge in [-0.3, -0.25) is 9.52 Å². The van der Waals surface area contributed by atoms with Crippen molar-refractivity contribution in [2.75, 3.05) is 28.9 Å². The van der Waals surface area contributed by atoms with Crippen molar-refractivity contribution in [3.63, 3.8) is 0 Å². The number of nitrogens with zero attached hydrogens (tertiary/aromatic N) is 1. The van der Waals surface area contributed by atoms with Gasteiger partial charge in [0.25, 0.3) is 10.0 Å². The number of alkyl halides is 3. The van der Waals surface area contributed by atoms with Crippen molar-refractivity contribution in [3.8, 4) is 0 Å². The van der Waals surface area contributed by atoms with Gasteiger partial charge in [-0.25, -0.2) is 21.1 Å². The van der Waals surface area contributed by atoms with E-state index >= 15 is 0 Å². The quantitative estimate of drug-likeness (QED) is 0.332. The fraction of sp³-hybridized carbons (Fsp3) is 0.321. The second-order valence-electron chi connectivity index (χ2n) is 9.80. The number of amides is 1. The van der Waals surface area contributed by atoms with Gasteiger partial charge in [0, 0.05) is 24.5 Å². The summed E-state index contributed by atoms with van der Waals surface area (Å²) in [6, 6.07) is 18.6. The van der Waals surface area contributed by atoms with Crippen molar-refractivity contribution < 1.29 is 34.8 Å². The Labute approximate surface area is 237 Å². The van der Waals surface area contributed by atoms with Crippen LogP contribution in [0.4, 0.5) is 24.5 Å². The Morgan fingerprint density at radius 3 is 2.29 bits per heavy atom. The maximum absolute atomic E-state index is 13.0. The lowest BCUT2D eigenvalue weighted by Crippen LogP contribution is -2.44. The van der Waals surface area contributed by atoms with Crippen LogP contribution in [0.1, 0.15) is 30.4 Å². The average Bonchev–Trinajstić information content (AvgIpc) is 2.93. The van der Waals surface area contributed by atoms with Crippen molar-refractivity contribution in [3.05, 3.63) is 90.0 Å². The zero-order chi connectivity index (χ0) is 29.7. The zero-order valence-corrected chi connectivity index (χ0v) is 23.6. The fourth-order valence-electron chi connectivity index (χ4n) is 4.58. The van der Waals surface area contributed by atoms with Crippen LogP contribution in [0.5, 0.6) is 0 Å². The first-order valence-corrected chi connectivity index (χ1v) is 16.1. The lowest BCUT2D eigenvalue weighted by atomic mass is 9.99. The van der Waals surface area contributed by atoms with Crippen LogP contribution in [0.15, 0.2) is 83.8 Å². The molecule has 41 heavy (non-hydrogen) atoms. The Balaban J connectivity index is 1.33. The normalized spacial score (nSPS) is 16.7. The number of piperidine rings is 1. The fourth-order valence-corrected chi connectivity index (χ4v) is 7.21. The van der Waals surface area contributed by atoms with Gasteiger partial charge in [0.15, 0.2) is 0 Å². The monoisotopic (exact) mass is 609 g/mol. The van der Waals surface area contributed by atoms with Gasteiger partial charge in [0.2, 0.25) is 15.9 Å². The molecule has 3 aromatic rings. The summed E-state index contributed by atoms with van der Waals surface area (Å²) in [4.78, 5) is 12.7. The molecule has 1 heterocycles. The van der Waals surface area contributed by atoms with Crippen molar-refractivity contribution in [1.82, 2.24) is 4.31 Å². The molecule has 0 aliphatic carbocycles. The number of nitrogens with one attached hydrogen (secondary N) is 2. The Morgan fingerprint density at radius 1 is 0.902 bits per heavy atom. The van der Waals surface area contributed by atoms with Crippen molar-refractivity contribution >= 4 is 37.3 Å². The molecule has 0 unspecified atom stereocenters. The highest BCUT2D eigenvalue weighted by atomic mass is 32.2. The lowest BCUT2D eigenvalue weighted by molar-refractivity contribution is -0.137. The maximum Gasteiger partial charge on any atom is 0.416 e. The molecule has 0 aromatic heterocycles. The zero-order valence-electron chi connectivity index (χ0n) is 22.0. The predicted octanol–water partition coefficient (Wildman–Crippen LogP) is 5.12. The maximum atomic E-state index is 13.0. The Hall–Kier alpha value is -3.42. The van der Waals surface area contributed by atoms with E-state index in [0.717, 1.165) is 17.7 Å². The van der Waals surface area contributed by atoms with E-state index in [9.17, 15) is 34.8 Å². The first kappa shape index (κ1) is 30.5. The molecule has 0 spiro atoms. The van der Waals surface area contributed by atoms with E-state index in [-0.39, 0.29) is 28.8 Å². The molecule has 0 bridgehead atoms. The Bertz CT molecular complexity index is 1560. The summed E-state index contributed by atoms with van der Waals surface area (Å²) in [5.41, 5.74) is 0.130. The Morgan fingerprint density at radius 2 is 1.61 bits per heavy atom. The minimum atomic E-state index is -4.62. The lowest BCUT2D eigenvalue weighted by Gasteiger charge is -2.31. The van der Waals surface area contributed by atoms with Crippen LogP contribution in [-0.2, 0) is 37.4 Å². The SMILES string of the molecule is O=C(Nc1ccc(S(=O)(=O)Nc2cccc(C(F)(F)F)c2)cc1)[C@H]1CCCN(S(=O)(=O)CCCc2ccccc2)C1. The van der Waals surface area contributed by atoms with Crippen LogP contribution < -0.4 is 10.0 Å². The van der Waals surface area contributed by atoms with Gasteiger partial charge in [-0.1, -0.05) is 36.4 Å². The Kier molecular flexibility index (Phi) is 9.40. The molecule has 1 atom stereocenters. The summed E-state index contributed by atoms with van der Waals surface area (Å²) in [7, 11) is -7.73. The van der Waals surface area contributed by atoms with E-state index in [1.165, 1.54) is 34.6 Å². The van der Waals surface area contributed by atoms with E-state index < -0.39 is 37.7 Å². The molecule has 13 heteroatoms. The molecule has 1 saturated heterocycles. The third-order valence-corrected chi connectivity index (χ3v) is 10.1. The van der Waals surface area contributed by atoms with Crippen LogP contribution >= 0.6 is 0 Å². The summed E-state index contributed by atoms with van der Waals surface area (Å²) >= 11 is 0. The highest BCUT2D eigenvalue weighted by molar-refractivity contribution is 7.92. The minimum absolute atomic E-state index is 0.0132. The van der Waals surface area contributed by atoms with Gasteiger partial charge in [0.1, 0.15) is 0 Å². The number of hydrogen-bond acceptors (Lipinski definition) is 5. The summed E-state index contributed by atoms with van der Waals surface area (Å²) < 4.78 is 93.5. The van der Waals surface area contributed by atoms with Crippen molar-refractivity contribution in [2.45, 2.75) is 36.8 Å². The van der Waals surface area contributed by atoms with Gasteiger partial charge in [0.05, 0.1) is 22.1 Å². The molecule has 1 aliphatic heterocycles. The molecular formula is C28H30F3N3O5S2. The van der Waals surface area contributed by atoms with Gasteiger partial charge in [-0.05, 0) is 73.7 Å². The van der Waals surface area contributed by atoms with Crippen molar-refractivity contribution in [2.24, 2.45) is 5.92 Å². The van der Waals surface area contributed by atoms with Crippen LogP contribution in [-0.4, -0.2) is 45.9 Å². The first-order valence-electron chi connectivity index (χ1n) is 13.0. The smallest absolute Gasteiger partial charge is 0.326 e. The molecule has 2 N–H and O–H groups in total. The summed E-state index contributed by atoms with van der Waals surface area (Å²) in [6.07, 6.45) is -2.47. The molecule has 8 nitrogen and oxygen atoms in total. The summed E-state index contributed by atoms with van der Waals surface area (Å²) in [5, 5.41) is 2.70. The van der Waals surface area contributed by atoms with Crippen LogP contribution in [0.3, 0.4) is 0 Å². The van der Waals surface area contributed by atoms with E-state index in [1.807, 2.05) is 30.3 Å². The summed E-state index contributed by atoms with van der Waals surface area (Å²) in [6.45, 7) is 0.412. The number of anilines is 2. The number of benzene rings is 3. The largest absolute Gasteiger partial charge is 0.416 e. The van der Waals surface area contributed by atoms with Gasteiger partial charge in [-0.15, -0.1) is 0 Å². The van der Waals surface area contributed by atoms with Gasteiger partial charge in [-0.2, -0.15) is 13.2 Å². The molecule has 0 radical (unpaired) electrons. The van der Waals surface area contributed by atoms with Crippen molar-refractivity contribution in [1.29, 1.82) is 0 Å². The van der Waals surface area contributed by atoms with Crippen LogP contribution in [0.2, 0.25) is 0 Å². The molecule has 0 saturated carbocycles. The van der Waals surface area contributed by atoms with Crippen LogP contribution in [0, 0.1) is 5.92 Å². The molecule has 220 valence electrons. The molecule has 1 amide bonds. The van der Waals surface area contributed by atoms with E-state index in [0.29, 0.717) is 44.0 Å². The average molecular weight is 610 g/mol. The number of rotatable bonds is 10. The topological polar surface area (TPSA) is 113 Å². The number of halogens is 3. The molecular weight excluding hydrogens is 579 g/mol. The molecule has 4 rings (SSSR count). The number of sulfonamides is 2. The molecule has 3 aromatic carbocycles. The number of hydrogen-bond donors (Lipinski definition) is 2. The van der Waals surface area contributed by atoms with Gasteiger partial charge < -0.3 is 5.32 Å². The van der Waals surface area contributed by atoms with E-state index in [1.54, 1.807) is 0 Å². The number of aryl methyl sites for hydroxylation is 1. The third kappa shape index (κ3) is 8.30. The first-order chi connectivity index (χ1) is 19.3. The number of carbonyl (C=O) groups excluding carboxylic acids is 1. The van der Waals surface area contributed by atoms with E-state index in [4.69, 9.17) is 0 Å². The second kappa shape index (κ2) is 12.6. The predicted molar refractivity (Wildman–Crippen MR) is 150 cm³/mol. The van der Waals surface area contributed by atoms with E-state index in [2.05, 4.69) is 10.0 Å². The minimum Gasteiger partial charge on any atom is -0.326 e. The third-order valence-electron chi connectivity index (χ3n) is 6.73. The van der Waals surface area contributed by atoms with Crippen LogP contribution in [0.25, 0.3) is 0 Å². The highest BCUT2D eigenvalue weighted by Crippen LogP contribution is 2.31. The standard InChI is InChI=1S/C28H30F3N3O5S2/c29-28(30,31)23-11-4-12-25(19-23)33-41(38,39)26-15-13-24(14-16-26)32-27(35)22-10-5-17-34(20-22)40(36,37)18-6-9-21-7-2-1-3-8-21/h1-4,7-8,11-16,19,22,33H,5-6,9-10,17-18,20H2,(H,32,35)/t22-/m0/s1. The molecule has 1 aliphatic rings. The summed E-state index contributed by atoms with van der Waals surface area (Å²) in [5.74, 6) is -0.966. The number of carbonyl (C=O) groups is 1. The molecule has 1 fully saturated rings.